The summed E-state index contributed by atoms with van der Waals surface area (Å²) in [5, 5.41) is 10.9. The zero-order valence-corrected chi connectivity index (χ0v) is 9.93. The molecule has 0 radical (unpaired) electrons. The third-order valence-electron chi connectivity index (χ3n) is 1.58. The lowest BCUT2D eigenvalue weighted by Gasteiger charge is -1.98. The molecule has 14 heavy (non-hydrogen) atoms. The lowest BCUT2D eigenvalue weighted by atomic mass is 10.3. The van der Waals surface area contributed by atoms with Crippen LogP contribution in [0.15, 0.2) is 23.7 Å². The van der Waals surface area contributed by atoms with E-state index in [0.717, 1.165) is 2.88 Å². The van der Waals surface area contributed by atoms with Crippen molar-refractivity contribution < 1.29 is 4.79 Å². The Hall–Kier alpha value is -0.890. The van der Waals surface area contributed by atoms with Crippen molar-refractivity contribution in [3.05, 3.63) is 32.2 Å². The second-order valence-electron chi connectivity index (χ2n) is 2.56. The molecule has 0 bridgehead atoms. The van der Waals surface area contributed by atoms with Crippen LogP contribution in [0.1, 0.15) is 10.4 Å². The fourth-order valence-electron chi connectivity index (χ4n) is 0.949. The number of rotatable bonds is 2. The zero-order valence-electron chi connectivity index (χ0n) is 6.95. The second-order valence-corrected chi connectivity index (χ2v) is 5.37. The first-order valence-corrected chi connectivity index (χ1v) is 5.76. The molecule has 0 saturated carbocycles. The highest BCUT2D eigenvalue weighted by Gasteiger charge is 2.08. The van der Waals surface area contributed by atoms with Crippen LogP contribution >= 0.6 is 33.9 Å². The van der Waals surface area contributed by atoms with Crippen molar-refractivity contribution in [1.82, 2.24) is 10.2 Å². The largest absolute Gasteiger partial charge is 0.307 e. The number of amides is 1. The van der Waals surface area contributed by atoms with Crippen LogP contribution in [0.25, 0.3) is 0 Å². The van der Waals surface area contributed by atoms with E-state index >= 15 is 0 Å². The second kappa shape index (κ2) is 4.09. The van der Waals surface area contributed by atoms with E-state index < -0.39 is 0 Å². The van der Waals surface area contributed by atoms with Gasteiger partial charge in [-0.15, -0.1) is 11.3 Å². The third-order valence-corrected chi connectivity index (χ3v) is 3.37. The van der Waals surface area contributed by atoms with E-state index in [0.29, 0.717) is 11.4 Å². The number of anilines is 1. The summed E-state index contributed by atoms with van der Waals surface area (Å²) in [7, 11) is 0. The summed E-state index contributed by atoms with van der Waals surface area (Å²) in [5.74, 6) is 0.490. The first kappa shape index (κ1) is 9.66. The molecule has 2 aromatic heterocycles. The smallest absolute Gasteiger partial charge is 0.257 e. The van der Waals surface area contributed by atoms with Crippen LogP contribution in [0.4, 0.5) is 5.82 Å². The molecule has 1 amide bonds. The minimum Gasteiger partial charge on any atom is -0.307 e. The summed E-state index contributed by atoms with van der Waals surface area (Å²) in [6.45, 7) is 0. The first-order chi connectivity index (χ1) is 6.75. The number of halogens is 1. The Kier molecular flexibility index (Phi) is 2.82. The molecule has 0 aliphatic carbocycles. The summed E-state index contributed by atoms with van der Waals surface area (Å²) in [6.07, 6.45) is 1.59. The number of aromatic amines is 1. The van der Waals surface area contributed by atoms with Crippen LogP contribution in [0.3, 0.4) is 0 Å². The van der Waals surface area contributed by atoms with Gasteiger partial charge in [-0.1, -0.05) is 0 Å². The molecule has 6 heteroatoms. The topological polar surface area (TPSA) is 57.8 Å². The van der Waals surface area contributed by atoms with E-state index in [1.807, 2.05) is 11.4 Å². The number of carbonyl (C=O) groups excluding carboxylic acids is 1. The molecule has 0 saturated heterocycles. The number of H-pyrrole nitrogens is 1. The van der Waals surface area contributed by atoms with Crippen molar-refractivity contribution in [2.24, 2.45) is 0 Å². The molecule has 0 fully saturated rings. The predicted molar refractivity (Wildman–Crippen MR) is 63.6 cm³/mol. The molecule has 2 rings (SSSR count). The molecule has 0 aromatic carbocycles. The average molecular weight is 319 g/mol. The van der Waals surface area contributed by atoms with Gasteiger partial charge in [0.15, 0.2) is 0 Å². The van der Waals surface area contributed by atoms with Crippen molar-refractivity contribution in [3.8, 4) is 0 Å². The maximum atomic E-state index is 11.6. The molecule has 2 heterocycles. The molecule has 0 aliphatic heterocycles. The van der Waals surface area contributed by atoms with Crippen LogP contribution in [-0.4, -0.2) is 16.1 Å². The summed E-state index contributed by atoms with van der Waals surface area (Å²) < 4.78 is 1.09. The highest BCUT2D eigenvalue weighted by molar-refractivity contribution is 14.1. The normalized spacial score (nSPS) is 10.1. The van der Waals surface area contributed by atoms with Gasteiger partial charge in [-0.25, -0.2) is 0 Å². The number of thiophene rings is 1. The monoisotopic (exact) mass is 319 g/mol. The Bertz CT molecular complexity index is 437. The SMILES string of the molecule is O=C(Nc1ccn[nH]1)c1csc(I)c1. The van der Waals surface area contributed by atoms with Gasteiger partial charge in [0.1, 0.15) is 5.82 Å². The predicted octanol–water partition coefficient (Wildman–Crippen LogP) is 2.33. The van der Waals surface area contributed by atoms with Crippen LogP contribution in [0, 0.1) is 2.88 Å². The number of carbonyl (C=O) groups is 1. The Morgan fingerprint density at radius 2 is 2.50 bits per heavy atom. The highest BCUT2D eigenvalue weighted by Crippen LogP contribution is 2.17. The van der Waals surface area contributed by atoms with Crippen LogP contribution in [0.2, 0.25) is 0 Å². The van der Waals surface area contributed by atoms with Crippen molar-refractivity contribution in [2.45, 2.75) is 0 Å². The minimum atomic E-state index is -0.117. The fourth-order valence-corrected chi connectivity index (χ4v) is 2.28. The van der Waals surface area contributed by atoms with Gasteiger partial charge in [-0.05, 0) is 28.7 Å². The molecule has 2 aromatic rings. The summed E-state index contributed by atoms with van der Waals surface area (Å²) in [4.78, 5) is 11.6. The fraction of sp³-hybridized carbons (Fsp3) is 0. The van der Waals surface area contributed by atoms with E-state index in [-0.39, 0.29) is 5.91 Å². The van der Waals surface area contributed by atoms with E-state index in [9.17, 15) is 4.79 Å². The van der Waals surface area contributed by atoms with Gasteiger partial charge in [0, 0.05) is 11.4 Å². The molecule has 0 atom stereocenters. The third kappa shape index (κ3) is 2.13. The molecule has 72 valence electrons. The molecule has 0 spiro atoms. The van der Waals surface area contributed by atoms with Crippen LogP contribution in [0.5, 0.6) is 0 Å². The van der Waals surface area contributed by atoms with Gasteiger partial charge in [-0.2, -0.15) is 5.10 Å². The number of hydrogen-bond acceptors (Lipinski definition) is 3. The Morgan fingerprint density at radius 3 is 3.07 bits per heavy atom. The van der Waals surface area contributed by atoms with Gasteiger partial charge in [0.25, 0.3) is 5.91 Å². The van der Waals surface area contributed by atoms with E-state index in [1.165, 1.54) is 0 Å². The van der Waals surface area contributed by atoms with E-state index in [4.69, 9.17) is 0 Å². The number of hydrogen-bond donors (Lipinski definition) is 2. The number of nitrogens with one attached hydrogen (secondary N) is 2. The van der Waals surface area contributed by atoms with Crippen LogP contribution in [-0.2, 0) is 0 Å². The Labute approximate surface area is 97.9 Å². The first-order valence-electron chi connectivity index (χ1n) is 3.80. The van der Waals surface area contributed by atoms with Crippen molar-refractivity contribution in [3.63, 3.8) is 0 Å². The molecule has 2 N–H and O–H groups in total. The Morgan fingerprint density at radius 1 is 1.64 bits per heavy atom. The van der Waals surface area contributed by atoms with Gasteiger partial charge in [-0.3, -0.25) is 9.89 Å². The van der Waals surface area contributed by atoms with Crippen LogP contribution < -0.4 is 5.32 Å². The zero-order chi connectivity index (χ0) is 9.97. The van der Waals surface area contributed by atoms with E-state index in [2.05, 4.69) is 38.1 Å². The maximum absolute atomic E-state index is 11.6. The van der Waals surface area contributed by atoms with Gasteiger partial charge < -0.3 is 5.32 Å². The standard InChI is InChI=1S/C8H6IN3OS/c9-6-3-5(4-14-6)8(13)11-7-1-2-10-12-7/h1-4H,(H2,10,11,12,13). The molecular formula is C8H6IN3OS. The Balaban J connectivity index is 2.10. The quantitative estimate of drug-likeness (QED) is 0.835. The minimum absolute atomic E-state index is 0.117. The molecule has 0 aliphatic rings. The lowest BCUT2D eigenvalue weighted by Crippen LogP contribution is -2.10. The van der Waals surface area contributed by atoms with Crippen molar-refractivity contribution in [1.29, 1.82) is 0 Å². The molecule has 0 unspecified atom stereocenters. The summed E-state index contributed by atoms with van der Waals surface area (Å²) in [5.41, 5.74) is 0.675. The van der Waals surface area contributed by atoms with Gasteiger partial charge in [0.05, 0.1) is 14.6 Å². The summed E-state index contributed by atoms with van der Waals surface area (Å²) in [6, 6.07) is 3.55. The highest BCUT2D eigenvalue weighted by atomic mass is 127. The van der Waals surface area contributed by atoms with Gasteiger partial charge in [0.2, 0.25) is 0 Å². The van der Waals surface area contributed by atoms with Gasteiger partial charge >= 0.3 is 0 Å². The lowest BCUT2D eigenvalue weighted by molar-refractivity contribution is 0.102. The van der Waals surface area contributed by atoms with E-state index in [1.54, 1.807) is 23.6 Å². The maximum Gasteiger partial charge on any atom is 0.257 e. The van der Waals surface area contributed by atoms with Crippen molar-refractivity contribution in [2.75, 3.05) is 5.32 Å². The summed E-state index contributed by atoms with van der Waals surface area (Å²) >= 11 is 3.73. The number of nitrogens with zero attached hydrogens (tertiary/aromatic N) is 1. The average Bonchev–Trinajstić information content (AvgIpc) is 2.75. The molecular weight excluding hydrogens is 313 g/mol. The van der Waals surface area contributed by atoms with Crippen molar-refractivity contribution >= 4 is 45.7 Å². The molecule has 4 nitrogen and oxygen atoms in total. The number of aromatic nitrogens is 2.